The van der Waals surface area contributed by atoms with Crippen molar-refractivity contribution in [1.29, 1.82) is 0 Å². The smallest absolute Gasteiger partial charge is 0.340 e. The van der Waals surface area contributed by atoms with E-state index in [0.717, 1.165) is 22.4 Å². The normalized spacial score (nSPS) is 16.6. The molecule has 0 spiro atoms. The topological polar surface area (TPSA) is 35.5 Å². The molecule has 3 heteroatoms. The molecule has 0 atom stereocenters. The summed E-state index contributed by atoms with van der Waals surface area (Å²) in [6.45, 7) is 3.84. The molecule has 0 unspecified atom stereocenters. The first-order valence-electron chi connectivity index (χ1n) is 7.21. The molecule has 0 radical (unpaired) electrons. The number of hydrogen-bond donors (Lipinski definition) is 0. The number of rotatable bonds is 3. The lowest BCUT2D eigenvalue weighted by Gasteiger charge is -2.21. The highest BCUT2D eigenvalue weighted by Crippen LogP contribution is 2.43. The van der Waals surface area contributed by atoms with Gasteiger partial charge in [0.05, 0.1) is 12.7 Å². The summed E-state index contributed by atoms with van der Waals surface area (Å²) in [5.41, 5.74) is 2.75. The maximum Gasteiger partial charge on any atom is 0.340 e. The van der Waals surface area contributed by atoms with Crippen LogP contribution in [0.2, 0.25) is 0 Å². The summed E-state index contributed by atoms with van der Waals surface area (Å²) in [6.07, 6.45) is 0. The number of carbonyl (C=O) groups excluding carboxylic acids is 1. The van der Waals surface area contributed by atoms with Crippen molar-refractivity contribution in [3.8, 4) is 5.75 Å². The van der Waals surface area contributed by atoms with Gasteiger partial charge in [0, 0.05) is 5.57 Å². The van der Waals surface area contributed by atoms with Crippen LogP contribution in [0.5, 0.6) is 5.75 Å². The fraction of sp³-hybridized carbons (Fsp3) is 0.211. The summed E-state index contributed by atoms with van der Waals surface area (Å²) >= 11 is 0. The molecule has 0 saturated heterocycles. The van der Waals surface area contributed by atoms with Crippen LogP contribution in [-0.2, 0) is 9.53 Å². The monoisotopic (exact) mass is 294 g/mol. The fourth-order valence-electron chi connectivity index (χ4n) is 2.85. The van der Waals surface area contributed by atoms with Crippen molar-refractivity contribution in [2.24, 2.45) is 0 Å². The van der Waals surface area contributed by atoms with Crippen LogP contribution in [0.3, 0.4) is 0 Å². The lowest BCUT2D eigenvalue weighted by Crippen LogP contribution is -2.22. The van der Waals surface area contributed by atoms with Gasteiger partial charge in [-0.05, 0) is 37.1 Å². The lowest BCUT2D eigenvalue weighted by molar-refractivity contribution is -0.141. The lowest BCUT2D eigenvalue weighted by atomic mass is 9.87. The Morgan fingerprint density at radius 3 is 2.14 bits per heavy atom. The number of cyclic esters (lactones) is 1. The van der Waals surface area contributed by atoms with Crippen LogP contribution in [0.15, 0.2) is 54.6 Å². The number of benzene rings is 2. The van der Waals surface area contributed by atoms with E-state index < -0.39 is 5.60 Å². The number of methoxy groups -OCH3 is 1. The summed E-state index contributed by atoms with van der Waals surface area (Å²) in [4.78, 5) is 12.4. The Hall–Kier alpha value is -2.55. The highest BCUT2D eigenvalue weighted by atomic mass is 16.6. The highest BCUT2D eigenvalue weighted by molar-refractivity contribution is 6.28. The van der Waals surface area contributed by atoms with Crippen molar-refractivity contribution >= 4 is 17.1 Å². The molecule has 2 aromatic carbocycles. The molecule has 3 nitrogen and oxygen atoms in total. The second-order valence-electron chi connectivity index (χ2n) is 5.74. The van der Waals surface area contributed by atoms with E-state index in [2.05, 4.69) is 0 Å². The van der Waals surface area contributed by atoms with E-state index in [-0.39, 0.29) is 5.97 Å². The molecular formula is C19H18O3. The summed E-state index contributed by atoms with van der Waals surface area (Å²) in [7, 11) is 1.62. The van der Waals surface area contributed by atoms with Crippen molar-refractivity contribution in [3.63, 3.8) is 0 Å². The molecule has 0 aliphatic carbocycles. The van der Waals surface area contributed by atoms with Gasteiger partial charge in [0.2, 0.25) is 0 Å². The average molecular weight is 294 g/mol. The molecule has 0 amide bonds. The molecule has 22 heavy (non-hydrogen) atoms. The first kappa shape index (κ1) is 14.4. The standard InChI is InChI=1S/C19H18O3/c1-19(2)17(14-7-5-4-6-8-14)16(18(20)22-19)13-9-11-15(21-3)12-10-13/h4-12H,1-3H3. The van der Waals surface area contributed by atoms with Gasteiger partial charge in [-0.3, -0.25) is 0 Å². The molecule has 1 heterocycles. The van der Waals surface area contributed by atoms with Gasteiger partial charge in [0.1, 0.15) is 11.4 Å². The third-order valence-electron chi connectivity index (χ3n) is 3.85. The van der Waals surface area contributed by atoms with E-state index in [1.807, 2.05) is 68.4 Å². The molecule has 0 aromatic heterocycles. The van der Waals surface area contributed by atoms with Crippen molar-refractivity contribution in [2.45, 2.75) is 19.4 Å². The molecule has 1 aliphatic heterocycles. The fourth-order valence-corrected chi connectivity index (χ4v) is 2.85. The van der Waals surface area contributed by atoms with Crippen molar-refractivity contribution < 1.29 is 14.3 Å². The maximum absolute atomic E-state index is 12.4. The zero-order valence-corrected chi connectivity index (χ0v) is 12.9. The molecule has 0 fully saturated rings. The van der Waals surface area contributed by atoms with E-state index in [9.17, 15) is 4.79 Å². The largest absolute Gasteiger partial charge is 0.497 e. The molecule has 3 rings (SSSR count). The van der Waals surface area contributed by atoms with Crippen LogP contribution in [0.4, 0.5) is 0 Å². The molecule has 2 aromatic rings. The third-order valence-corrected chi connectivity index (χ3v) is 3.85. The van der Waals surface area contributed by atoms with Crippen LogP contribution in [-0.4, -0.2) is 18.7 Å². The van der Waals surface area contributed by atoms with Gasteiger partial charge in [-0.25, -0.2) is 4.79 Å². The van der Waals surface area contributed by atoms with Crippen molar-refractivity contribution in [1.82, 2.24) is 0 Å². The number of ether oxygens (including phenoxy) is 2. The van der Waals surface area contributed by atoms with Gasteiger partial charge in [0.15, 0.2) is 0 Å². The zero-order valence-electron chi connectivity index (χ0n) is 12.9. The summed E-state index contributed by atoms with van der Waals surface area (Å²) in [6, 6.07) is 17.4. The predicted molar refractivity (Wildman–Crippen MR) is 86.4 cm³/mol. The van der Waals surface area contributed by atoms with E-state index in [4.69, 9.17) is 9.47 Å². The number of esters is 1. The second kappa shape index (κ2) is 5.34. The average Bonchev–Trinajstić information content (AvgIpc) is 2.77. The molecule has 0 N–H and O–H groups in total. The first-order valence-corrected chi connectivity index (χ1v) is 7.21. The Morgan fingerprint density at radius 1 is 0.909 bits per heavy atom. The van der Waals surface area contributed by atoms with Crippen LogP contribution >= 0.6 is 0 Å². The molecule has 1 aliphatic rings. The summed E-state index contributed by atoms with van der Waals surface area (Å²) in [5.74, 6) is 0.477. The minimum absolute atomic E-state index is 0.283. The Kier molecular flexibility index (Phi) is 3.49. The zero-order chi connectivity index (χ0) is 15.7. The Balaban J connectivity index is 2.20. The summed E-state index contributed by atoms with van der Waals surface area (Å²) in [5, 5.41) is 0. The minimum Gasteiger partial charge on any atom is -0.497 e. The molecular weight excluding hydrogens is 276 g/mol. The number of carbonyl (C=O) groups is 1. The van der Waals surface area contributed by atoms with Gasteiger partial charge < -0.3 is 9.47 Å². The predicted octanol–water partition coefficient (Wildman–Crippen LogP) is 3.94. The quantitative estimate of drug-likeness (QED) is 0.804. The summed E-state index contributed by atoms with van der Waals surface area (Å²) < 4.78 is 10.8. The van der Waals surface area contributed by atoms with Crippen LogP contribution < -0.4 is 4.74 Å². The first-order chi connectivity index (χ1) is 10.5. The highest BCUT2D eigenvalue weighted by Gasteiger charge is 2.41. The van der Waals surface area contributed by atoms with E-state index in [0.29, 0.717) is 5.57 Å². The van der Waals surface area contributed by atoms with Gasteiger partial charge in [-0.1, -0.05) is 42.5 Å². The van der Waals surface area contributed by atoms with E-state index >= 15 is 0 Å². The molecule has 0 saturated carbocycles. The molecule has 0 bridgehead atoms. The third kappa shape index (κ3) is 2.39. The maximum atomic E-state index is 12.4. The Bertz CT molecular complexity index is 725. The van der Waals surface area contributed by atoms with Crippen LogP contribution in [0.25, 0.3) is 11.1 Å². The van der Waals surface area contributed by atoms with Crippen LogP contribution in [0, 0.1) is 0 Å². The SMILES string of the molecule is COc1ccc(C2=C(c3ccccc3)C(C)(C)OC2=O)cc1. The van der Waals surface area contributed by atoms with Crippen molar-refractivity contribution in [3.05, 3.63) is 65.7 Å². The van der Waals surface area contributed by atoms with Gasteiger partial charge in [0.25, 0.3) is 0 Å². The van der Waals surface area contributed by atoms with Crippen molar-refractivity contribution in [2.75, 3.05) is 7.11 Å². The Morgan fingerprint density at radius 2 is 1.55 bits per heavy atom. The Labute approximate surface area is 130 Å². The molecule has 112 valence electrons. The number of hydrogen-bond acceptors (Lipinski definition) is 3. The van der Waals surface area contributed by atoms with Gasteiger partial charge in [-0.15, -0.1) is 0 Å². The minimum atomic E-state index is -0.645. The van der Waals surface area contributed by atoms with E-state index in [1.54, 1.807) is 7.11 Å². The second-order valence-corrected chi connectivity index (χ2v) is 5.74. The van der Waals surface area contributed by atoms with Gasteiger partial charge in [-0.2, -0.15) is 0 Å². The van der Waals surface area contributed by atoms with Gasteiger partial charge >= 0.3 is 5.97 Å². The van der Waals surface area contributed by atoms with Crippen LogP contribution in [0.1, 0.15) is 25.0 Å². The van der Waals surface area contributed by atoms with E-state index in [1.165, 1.54) is 0 Å².